The summed E-state index contributed by atoms with van der Waals surface area (Å²) in [5.74, 6) is -0.143. The fraction of sp³-hybridized carbons (Fsp3) is 0.172. The van der Waals surface area contributed by atoms with Crippen LogP contribution in [0.4, 0.5) is 11.6 Å². The van der Waals surface area contributed by atoms with Gasteiger partial charge in [-0.15, -0.1) is 0 Å². The Kier molecular flexibility index (Phi) is 6.75. The highest BCUT2D eigenvalue weighted by Crippen LogP contribution is 2.35. The molecular weight excluding hydrogens is 512 g/mol. The minimum Gasteiger partial charge on any atom is -0.384 e. The summed E-state index contributed by atoms with van der Waals surface area (Å²) in [6, 6.07) is 23.8. The van der Waals surface area contributed by atoms with Gasteiger partial charge in [-0.25, -0.2) is 18.4 Å². The van der Waals surface area contributed by atoms with Crippen molar-refractivity contribution in [3.05, 3.63) is 96.4 Å². The molecule has 2 aromatic carbocycles. The molecule has 0 spiro atoms. The Bertz CT molecular complexity index is 1770. The van der Waals surface area contributed by atoms with Gasteiger partial charge in [0, 0.05) is 22.7 Å². The van der Waals surface area contributed by atoms with Gasteiger partial charge in [0.2, 0.25) is 10.0 Å². The maximum absolute atomic E-state index is 13.4. The van der Waals surface area contributed by atoms with E-state index in [2.05, 4.69) is 24.7 Å². The molecule has 3 heterocycles. The third-order valence-electron chi connectivity index (χ3n) is 6.36. The third-order valence-corrected chi connectivity index (χ3v) is 8.02. The Labute approximate surface area is 226 Å². The summed E-state index contributed by atoms with van der Waals surface area (Å²) < 4.78 is 29.4. The van der Waals surface area contributed by atoms with Crippen LogP contribution in [0.5, 0.6) is 0 Å². The quantitative estimate of drug-likeness (QED) is 0.260. The van der Waals surface area contributed by atoms with E-state index in [1.807, 2.05) is 60.7 Å². The smallest absolute Gasteiger partial charge is 0.242 e. The summed E-state index contributed by atoms with van der Waals surface area (Å²) in [6.07, 6.45) is 1.72. The van der Waals surface area contributed by atoms with Crippen LogP contribution in [0.25, 0.3) is 33.4 Å². The third kappa shape index (κ3) is 5.43. The van der Waals surface area contributed by atoms with Crippen molar-refractivity contribution in [3.8, 4) is 22.5 Å². The summed E-state index contributed by atoms with van der Waals surface area (Å²) >= 11 is 0. The van der Waals surface area contributed by atoms with Crippen LogP contribution in [0.1, 0.15) is 37.4 Å². The van der Waals surface area contributed by atoms with Crippen molar-refractivity contribution in [3.63, 3.8) is 0 Å². The topological polar surface area (TPSA) is 144 Å². The van der Waals surface area contributed by atoms with Crippen molar-refractivity contribution < 1.29 is 13.5 Å². The summed E-state index contributed by atoms with van der Waals surface area (Å²) in [7, 11) is -4.05. The first-order valence-corrected chi connectivity index (χ1v) is 13.9. The molecule has 0 radical (unpaired) electrons. The van der Waals surface area contributed by atoms with E-state index in [-0.39, 0.29) is 17.3 Å². The van der Waals surface area contributed by atoms with Gasteiger partial charge in [-0.2, -0.15) is 0 Å². The van der Waals surface area contributed by atoms with Crippen molar-refractivity contribution in [2.75, 3.05) is 10.5 Å². The number of nitrogens with zero attached hydrogens (tertiary/aromatic N) is 4. The molecule has 1 atom stereocenters. The Morgan fingerprint density at radius 3 is 2.36 bits per heavy atom. The fourth-order valence-corrected chi connectivity index (χ4v) is 5.19. The Morgan fingerprint density at radius 2 is 1.62 bits per heavy atom. The molecule has 39 heavy (non-hydrogen) atoms. The first-order chi connectivity index (χ1) is 18.5. The molecule has 10 heteroatoms. The molecule has 0 saturated carbocycles. The summed E-state index contributed by atoms with van der Waals surface area (Å²) in [5, 5.41) is 10.2. The molecule has 0 aliphatic carbocycles. The first-order valence-electron chi connectivity index (χ1n) is 12.3. The molecule has 4 N–H and O–H groups in total. The number of anilines is 2. The van der Waals surface area contributed by atoms with Crippen LogP contribution in [0.15, 0.2) is 85.1 Å². The SMILES string of the molecule is CC(c1cccc(C(C)(C)O)n1)S(=O)(=O)Nc1nc(-c2ccc3ncccc3c2)c(-c2ccccc2)nc1N. The lowest BCUT2D eigenvalue weighted by atomic mass is 10.0. The predicted octanol–water partition coefficient (Wildman–Crippen LogP) is 5.07. The molecule has 9 nitrogen and oxygen atoms in total. The van der Waals surface area contributed by atoms with Crippen molar-refractivity contribution in [1.29, 1.82) is 0 Å². The largest absolute Gasteiger partial charge is 0.384 e. The van der Waals surface area contributed by atoms with Crippen LogP contribution in [0.3, 0.4) is 0 Å². The van der Waals surface area contributed by atoms with Crippen LogP contribution in [-0.4, -0.2) is 33.5 Å². The average molecular weight is 541 g/mol. The minimum atomic E-state index is -4.05. The summed E-state index contributed by atoms with van der Waals surface area (Å²) in [5.41, 5.74) is 9.00. The molecule has 5 rings (SSSR count). The van der Waals surface area contributed by atoms with E-state index < -0.39 is 20.9 Å². The highest BCUT2D eigenvalue weighted by atomic mass is 32.2. The number of rotatable bonds is 7. The normalized spacial score (nSPS) is 12.8. The number of hydrogen-bond donors (Lipinski definition) is 3. The standard InChI is InChI=1S/C29H28N6O3S/c1-18(22-12-7-13-24(32-22)29(2,3)36)39(37,38)35-28-27(30)33-25(19-9-5-4-6-10-19)26(34-28)21-14-15-23-20(17-21)11-8-16-31-23/h4-18,36H,1-3H3,(H2,30,33)(H,34,35). The van der Waals surface area contributed by atoms with Gasteiger partial charge in [-0.1, -0.05) is 48.5 Å². The van der Waals surface area contributed by atoms with Gasteiger partial charge in [0.25, 0.3) is 0 Å². The number of benzene rings is 2. The fourth-order valence-electron chi connectivity index (χ4n) is 4.15. The van der Waals surface area contributed by atoms with Gasteiger partial charge in [0.15, 0.2) is 11.6 Å². The van der Waals surface area contributed by atoms with Crippen molar-refractivity contribution in [1.82, 2.24) is 19.9 Å². The van der Waals surface area contributed by atoms with Gasteiger partial charge < -0.3 is 10.8 Å². The van der Waals surface area contributed by atoms with Crippen LogP contribution < -0.4 is 10.5 Å². The van der Waals surface area contributed by atoms with Crippen LogP contribution in [0.2, 0.25) is 0 Å². The molecule has 0 aliphatic heterocycles. The number of pyridine rings is 2. The highest BCUT2D eigenvalue weighted by Gasteiger charge is 2.28. The minimum absolute atomic E-state index is 0.0611. The molecular formula is C29H28N6O3S. The molecule has 0 saturated heterocycles. The van der Waals surface area contributed by atoms with Crippen molar-refractivity contribution >= 4 is 32.6 Å². The number of sulfonamides is 1. The number of aromatic nitrogens is 4. The van der Waals surface area contributed by atoms with Gasteiger partial charge in [0.05, 0.1) is 28.3 Å². The first kappa shape index (κ1) is 26.2. The van der Waals surface area contributed by atoms with E-state index in [1.54, 1.807) is 38.2 Å². The lowest BCUT2D eigenvalue weighted by Crippen LogP contribution is -2.24. The van der Waals surface area contributed by atoms with E-state index in [0.717, 1.165) is 22.0 Å². The van der Waals surface area contributed by atoms with E-state index in [4.69, 9.17) is 5.73 Å². The Hall–Kier alpha value is -4.41. The molecule has 0 aliphatic rings. The second-order valence-electron chi connectivity index (χ2n) is 9.73. The number of nitrogens with one attached hydrogen (secondary N) is 1. The molecule has 0 amide bonds. The Balaban J connectivity index is 1.59. The van der Waals surface area contributed by atoms with Crippen molar-refractivity contribution in [2.45, 2.75) is 31.6 Å². The van der Waals surface area contributed by atoms with Crippen LogP contribution in [-0.2, 0) is 15.6 Å². The Morgan fingerprint density at radius 1 is 0.872 bits per heavy atom. The van der Waals surface area contributed by atoms with Gasteiger partial charge in [-0.05, 0) is 51.1 Å². The number of nitrogens with two attached hydrogens (primary N) is 1. The summed E-state index contributed by atoms with van der Waals surface area (Å²) in [6.45, 7) is 4.69. The zero-order chi connectivity index (χ0) is 27.8. The van der Waals surface area contributed by atoms with E-state index >= 15 is 0 Å². The monoisotopic (exact) mass is 540 g/mol. The maximum Gasteiger partial charge on any atom is 0.242 e. The van der Waals surface area contributed by atoms with E-state index in [0.29, 0.717) is 17.1 Å². The van der Waals surface area contributed by atoms with E-state index in [9.17, 15) is 13.5 Å². The maximum atomic E-state index is 13.4. The molecule has 5 aromatic rings. The molecule has 0 fully saturated rings. The second-order valence-corrected chi connectivity index (χ2v) is 11.7. The lowest BCUT2D eigenvalue weighted by molar-refractivity contribution is 0.0736. The number of hydrogen-bond acceptors (Lipinski definition) is 8. The average Bonchev–Trinajstić information content (AvgIpc) is 2.93. The van der Waals surface area contributed by atoms with Crippen LogP contribution >= 0.6 is 0 Å². The molecule has 0 bridgehead atoms. The van der Waals surface area contributed by atoms with Gasteiger partial charge in [-0.3, -0.25) is 14.7 Å². The zero-order valence-electron chi connectivity index (χ0n) is 21.7. The number of aliphatic hydroxyl groups is 1. The second kappa shape index (κ2) is 10.0. The number of fused-ring (bicyclic) bond motifs is 1. The lowest BCUT2D eigenvalue weighted by Gasteiger charge is -2.20. The number of nitrogen functional groups attached to an aromatic ring is 1. The molecule has 1 unspecified atom stereocenters. The van der Waals surface area contributed by atoms with Gasteiger partial charge >= 0.3 is 0 Å². The highest BCUT2D eigenvalue weighted by molar-refractivity contribution is 7.92. The van der Waals surface area contributed by atoms with E-state index in [1.165, 1.54) is 6.92 Å². The zero-order valence-corrected chi connectivity index (χ0v) is 22.5. The molecule has 198 valence electrons. The van der Waals surface area contributed by atoms with Gasteiger partial charge in [0.1, 0.15) is 10.9 Å². The van der Waals surface area contributed by atoms with Crippen molar-refractivity contribution in [2.24, 2.45) is 0 Å². The predicted molar refractivity (Wildman–Crippen MR) is 153 cm³/mol. The van der Waals surface area contributed by atoms with Crippen LogP contribution in [0, 0.1) is 0 Å². The molecule has 3 aromatic heterocycles. The summed E-state index contributed by atoms with van der Waals surface area (Å²) in [4.78, 5) is 18.0.